The van der Waals surface area contributed by atoms with E-state index in [1.807, 2.05) is 0 Å². The van der Waals surface area contributed by atoms with Gasteiger partial charge in [0.25, 0.3) is 0 Å². The number of benzene rings is 1. The van der Waals surface area contributed by atoms with E-state index < -0.39 is 0 Å². The van der Waals surface area contributed by atoms with Crippen LogP contribution in [0.3, 0.4) is 0 Å². The second kappa shape index (κ2) is 4.71. The minimum absolute atomic E-state index is 0.0884. The molecule has 2 nitrogen and oxygen atoms in total. The SMILES string of the molecule is C=C(CCl)c1cc(OC)c(O)cc1Br. The van der Waals surface area contributed by atoms with Crippen molar-refractivity contribution in [2.45, 2.75) is 0 Å². The third kappa shape index (κ3) is 2.22. The number of phenols is 1. The van der Waals surface area contributed by atoms with Crippen molar-refractivity contribution in [3.05, 3.63) is 28.7 Å². The van der Waals surface area contributed by atoms with Gasteiger partial charge in [0.2, 0.25) is 0 Å². The van der Waals surface area contributed by atoms with Crippen molar-refractivity contribution in [2.75, 3.05) is 13.0 Å². The molecule has 0 radical (unpaired) electrons. The third-order valence-electron chi connectivity index (χ3n) is 1.81. The van der Waals surface area contributed by atoms with Gasteiger partial charge in [-0.05, 0) is 23.3 Å². The highest BCUT2D eigenvalue weighted by Crippen LogP contribution is 2.35. The van der Waals surface area contributed by atoms with Crippen LogP contribution in [-0.2, 0) is 0 Å². The first-order valence-electron chi connectivity index (χ1n) is 3.90. The van der Waals surface area contributed by atoms with Crippen LogP contribution in [0.15, 0.2) is 23.2 Å². The van der Waals surface area contributed by atoms with Crippen molar-refractivity contribution in [3.63, 3.8) is 0 Å². The Morgan fingerprint density at radius 3 is 2.79 bits per heavy atom. The number of ether oxygens (including phenoxy) is 1. The Morgan fingerprint density at radius 1 is 1.64 bits per heavy atom. The van der Waals surface area contributed by atoms with Crippen LogP contribution in [0.5, 0.6) is 11.5 Å². The molecule has 0 bridgehead atoms. The van der Waals surface area contributed by atoms with Gasteiger partial charge in [-0.2, -0.15) is 0 Å². The highest BCUT2D eigenvalue weighted by atomic mass is 79.9. The monoisotopic (exact) mass is 276 g/mol. The summed E-state index contributed by atoms with van der Waals surface area (Å²) in [5.74, 6) is 0.840. The number of alkyl halides is 1. The molecular weight excluding hydrogens is 267 g/mol. The van der Waals surface area contributed by atoms with E-state index in [-0.39, 0.29) is 5.75 Å². The number of methoxy groups -OCH3 is 1. The molecule has 0 aliphatic carbocycles. The number of aromatic hydroxyl groups is 1. The van der Waals surface area contributed by atoms with Gasteiger partial charge in [-0.1, -0.05) is 22.5 Å². The van der Waals surface area contributed by atoms with Gasteiger partial charge >= 0.3 is 0 Å². The number of allylic oxidation sites excluding steroid dienone is 1. The van der Waals surface area contributed by atoms with E-state index in [4.69, 9.17) is 16.3 Å². The standard InChI is InChI=1S/C10H10BrClO2/c1-6(5-12)7-3-10(14-2)9(13)4-8(7)11/h3-4,13H,1,5H2,2H3. The topological polar surface area (TPSA) is 29.5 Å². The predicted octanol–water partition coefficient (Wildman–Crippen LogP) is 3.42. The maximum atomic E-state index is 9.45. The Morgan fingerprint density at radius 2 is 2.29 bits per heavy atom. The van der Waals surface area contributed by atoms with Gasteiger partial charge in [-0.25, -0.2) is 0 Å². The highest BCUT2D eigenvalue weighted by Gasteiger charge is 2.09. The summed E-state index contributed by atoms with van der Waals surface area (Å²) in [5.41, 5.74) is 1.62. The van der Waals surface area contributed by atoms with Crippen molar-refractivity contribution < 1.29 is 9.84 Å². The molecule has 0 amide bonds. The Hall–Kier alpha value is -0.670. The van der Waals surface area contributed by atoms with Crippen molar-refractivity contribution in [2.24, 2.45) is 0 Å². The molecule has 0 fully saturated rings. The van der Waals surface area contributed by atoms with Crippen LogP contribution < -0.4 is 4.74 Å². The Balaban J connectivity index is 3.24. The summed E-state index contributed by atoms with van der Waals surface area (Å²) in [5, 5.41) is 9.45. The smallest absolute Gasteiger partial charge is 0.161 e. The molecular formula is C10H10BrClO2. The first-order valence-corrected chi connectivity index (χ1v) is 5.23. The molecule has 1 rings (SSSR count). The maximum absolute atomic E-state index is 9.45. The lowest BCUT2D eigenvalue weighted by molar-refractivity contribution is 0.373. The number of phenolic OH excluding ortho intramolecular Hbond substituents is 1. The minimum atomic E-state index is 0.0884. The van der Waals surface area contributed by atoms with E-state index in [9.17, 15) is 5.11 Å². The Bertz CT molecular complexity index is 363. The maximum Gasteiger partial charge on any atom is 0.161 e. The lowest BCUT2D eigenvalue weighted by atomic mass is 10.1. The average Bonchev–Trinajstić information content (AvgIpc) is 2.17. The van der Waals surface area contributed by atoms with Gasteiger partial charge in [0.15, 0.2) is 11.5 Å². The zero-order valence-corrected chi connectivity index (χ0v) is 10.0. The lowest BCUT2D eigenvalue weighted by Gasteiger charge is -2.09. The molecule has 0 heterocycles. The molecule has 76 valence electrons. The van der Waals surface area contributed by atoms with Crippen molar-refractivity contribution >= 4 is 33.1 Å². The molecule has 0 saturated heterocycles. The quantitative estimate of drug-likeness (QED) is 0.858. The van der Waals surface area contributed by atoms with E-state index in [1.54, 1.807) is 12.1 Å². The van der Waals surface area contributed by atoms with Crippen LogP contribution in [-0.4, -0.2) is 18.1 Å². The van der Waals surface area contributed by atoms with E-state index in [0.717, 1.165) is 15.6 Å². The molecule has 1 aromatic carbocycles. The van der Waals surface area contributed by atoms with Gasteiger partial charge in [0, 0.05) is 10.4 Å². The fraction of sp³-hybridized carbons (Fsp3) is 0.200. The molecule has 14 heavy (non-hydrogen) atoms. The molecule has 0 aromatic heterocycles. The zero-order valence-electron chi connectivity index (χ0n) is 7.68. The summed E-state index contributed by atoms with van der Waals surface area (Å²) < 4.78 is 5.73. The first-order chi connectivity index (χ1) is 6.60. The van der Waals surface area contributed by atoms with Gasteiger partial charge in [-0.3, -0.25) is 0 Å². The van der Waals surface area contributed by atoms with Gasteiger partial charge in [0.1, 0.15) is 0 Å². The van der Waals surface area contributed by atoms with E-state index in [0.29, 0.717) is 11.6 Å². The van der Waals surface area contributed by atoms with Gasteiger partial charge < -0.3 is 9.84 Å². The molecule has 0 saturated carbocycles. The van der Waals surface area contributed by atoms with Gasteiger partial charge in [0.05, 0.1) is 7.11 Å². The van der Waals surface area contributed by atoms with Gasteiger partial charge in [-0.15, -0.1) is 11.6 Å². The summed E-state index contributed by atoms with van der Waals surface area (Å²) >= 11 is 8.99. The van der Waals surface area contributed by atoms with Crippen LogP contribution in [0, 0.1) is 0 Å². The zero-order chi connectivity index (χ0) is 10.7. The summed E-state index contributed by atoms with van der Waals surface area (Å²) in [4.78, 5) is 0. The minimum Gasteiger partial charge on any atom is -0.504 e. The molecule has 1 aromatic rings. The normalized spacial score (nSPS) is 9.93. The summed E-state index contributed by atoms with van der Waals surface area (Å²) in [6.45, 7) is 3.81. The number of halogens is 2. The molecule has 0 spiro atoms. The van der Waals surface area contributed by atoms with Crippen molar-refractivity contribution in [3.8, 4) is 11.5 Å². The number of hydrogen-bond acceptors (Lipinski definition) is 2. The molecule has 4 heteroatoms. The van der Waals surface area contributed by atoms with E-state index in [1.165, 1.54) is 7.11 Å². The number of hydrogen-bond donors (Lipinski definition) is 1. The Labute approximate surface area is 96.3 Å². The van der Waals surface area contributed by atoms with Crippen LogP contribution in [0.1, 0.15) is 5.56 Å². The molecule has 1 N–H and O–H groups in total. The summed E-state index contributed by atoms with van der Waals surface area (Å²) in [6.07, 6.45) is 0. The third-order valence-corrected chi connectivity index (χ3v) is 2.79. The second-order valence-electron chi connectivity index (χ2n) is 2.74. The lowest BCUT2D eigenvalue weighted by Crippen LogP contribution is -1.90. The fourth-order valence-electron chi connectivity index (χ4n) is 1.05. The number of rotatable bonds is 3. The van der Waals surface area contributed by atoms with Crippen molar-refractivity contribution in [1.29, 1.82) is 0 Å². The second-order valence-corrected chi connectivity index (χ2v) is 3.86. The first kappa shape index (κ1) is 11.4. The highest BCUT2D eigenvalue weighted by molar-refractivity contribution is 9.10. The van der Waals surface area contributed by atoms with Crippen LogP contribution in [0.25, 0.3) is 5.57 Å². The van der Waals surface area contributed by atoms with Crippen LogP contribution in [0.2, 0.25) is 0 Å². The van der Waals surface area contributed by atoms with Crippen molar-refractivity contribution in [1.82, 2.24) is 0 Å². The molecule has 0 unspecified atom stereocenters. The van der Waals surface area contributed by atoms with Crippen LogP contribution in [0.4, 0.5) is 0 Å². The van der Waals surface area contributed by atoms with Crippen LogP contribution >= 0.6 is 27.5 Å². The van der Waals surface area contributed by atoms with E-state index in [2.05, 4.69) is 22.5 Å². The summed E-state index contributed by atoms with van der Waals surface area (Å²) in [6, 6.07) is 3.26. The molecule has 0 atom stereocenters. The largest absolute Gasteiger partial charge is 0.504 e. The predicted molar refractivity (Wildman–Crippen MR) is 62.1 cm³/mol. The molecule has 0 aliphatic rings. The fourth-order valence-corrected chi connectivity index (χ4v) is 1.80. The Kier molecular flexibility index (Phi) is 3.84. The summed E-state index contributed by atoms with van der Waals surface area (Å²) in [7, 11) is 1.50. The van der Waals surface area contributed by atoms with E-state index >= 15 is 0 Å². The molecule has 0 aliphatic heterocycles. The average molecular weight is 278 g/mol.